The third-order valence-corrected chi connectivity index (χ3v) is 5.49. The van der Waals surface area contributed by atoms with Gasteiger partial charge in [-0.05, 0) is 30.5 Å². The lowest BCUT2D eigenvalue weighted by Crippen LogP contribution is -2.50. The predicted molar refractivity (Wildman–Crippen MR) is 109 cm³/mol. The van der Waals surface area contributed by atoms with E-state index in [4.69, 9.17) is 11.5 Å². The molecule has 2 heterocycles. The van der Waals surface area contributed by atoms with Gasteiger partial charge < -0.3 is 21.5 Å². The second kappa shape index (κ2) is 8.10. The first-order valence-corrected chi connectivity index (χ1v) is 9.85. The van der Waals surface area contributed by atoms with E-state index in [-0.39, 0.29) is 23.8 Å². The smallest absolute Gasteiger partial charge is 0.406 e. The summed E-state index contributed by atoms with van der Waals surface area (Å²) in [6.45, 7) is 0.394. The quantitative estimate of drug-likeness (QED) is 0.698. The van der Waals surface area contributed by atoms with E-state index >= 15 is 0 Å². The molecule has 1 fully saturated rings. The fraction of sp³-hybridized carbons (Fsp3) is 0.450. The molecule has 5 N–H and O–H groups in total. The Labute approximate surface area is 171 Å². The van der Waals surface area contributed by atoms with Crippen LogP contribution in [0.4, 0.5) is 13.2 Å². The third kappa shape index (κ3) is 4.48. The van der Waals surface area contributed by atoms with Crippen molar-refractivity contribution in [3.05, 3.63) is 36.0 Å². The number of halogens is 3. The van der Waals surface area contributed by atoms with Gasteiger partial charge in [0.15, 0.2) is 0 Å². The molecule has 4 rings (SSSR count). The molecule has 1 aromatic rings. The SMILES string of the molecule is NC1=NC=C(c2ccc(OC(F)(F)F)cc2)C2=NC(N[C@@H]3CCCCC3N)=NCC12. The van der Waals surface area contributed by atoms with Crippen LogP contribution < -0.4 is 21.5 Å². The van der Waals surface area contributed by atoms with Gasteiger partial charge in [0.25, 0.3) is 0 Å². The summed E-state index contributed by atoms with van der Waals surface area (Å²) in [6, 6.07) is 5.77. The van der Waals surface area contributed by atoms with Gasteiger partial charge in [-0.3, -0.25) is 4.99 Å². The zero-order valence-corrected chi connectivity index (χ0v) is 16.2. The van der Waals surface area contributed by atoms with Crippen molar-refractivity contribution < 1.29 is 17.9 Å². The Morgan fingerprint density at radius 1 is 1.10 bits per heavy atom. The number of ether oxygens (including phenoxy) is 1. The number of nitrogens with zero attached hydrogens (tertiary/aromatic N) is 3. The van der Waals surface area contributed by atoms with E-state index in [1.165, 1.54) is 12.1 Å². The summed E-state index contributed by atoms with van der Waals surface area (Å²) in [5.41, 5.74) is 14.3. The second-order valence-corrected chi connectivity index (χ2v) is 7.58. The highest BCUT2D eigenvalue weighted by molar-refractivity contribution is 6.34. The van der Waals surface area contributed by atoms with E-state index in [0.29, 0.717) is 35.2 Å². The van der Waals surface area contributed by atoms with Crippen LogP contribution in [-0.4, -0.2) is 42.5 Å². The summed E-state index contributed by atoms with van der Waals surface area (Å²) < 4.78 is 41.2. The Kier molecular flexibility index (Phi) is 5.50. The zero-order valence-electron chi connectivity index (χ0n) is 16.2. The molecule has 0 bridgehead atoms. The van der Waals surface area contributed by atoms with E-state index in [1.54, 1.807) is 18.3 Å². The van der Waals surface area contributed by atoms with Gasteiger partial charge in [-0.2, -0.15) is 0 Å². The summed E-state index contributed by atoms with van der Waals surface area (Å²) >= 11 is 0. The van der Waals surface area contributed by atoms with Gasteiger partial charge in [-0.25, -0.2) is 9.98 Å². The molecule has 2 aliphatic heterocycles. The van der Waals surface area contributed by atoms with Gasteiger partial charge in [0.2, 0.25) is 5.96 Å². The molecule has 160 valence electrons. The highest BCUT2D eigenvalue weighted by atomic mass is 19.4. The normalized spacial score (nSPS) is 26.6. The maximum Gasteiger partial charge on any atom is 0.573 e. The number of hydrogen-bond acceptors (Lipinski definition) is 7. The van der Waals surface area contributed by atoms with E-state index in [2.05, 4.69) is 25.0 Å². The van der Waals surface area contributed by atoms with Gasteiger partial charge in [0.1, 0.15) is 11.6 Å². The van der Waals surface area contributed by atoms with Crippen molar-refractivity contribution in [3.63, 3.8) is 0 Å². The van der Waals surface area contributed by atoms with Crippen molar-refractivity contribution in [2.24, 2.45) is 32.4 Å². The van der Waals surface area contributed by atoms with E-state index in [0.717, 1.165) is 25.7 Å². The van der Waals surface area contributed by atoms with Crippen LogP contribution in [0.1, 0.15) is 31.2 Å². The van der Waals surface area contributed by atoms with E-state index < -0.39 is 6.36 Å². The fourth-order valence-electron chi connectivity index (χ4n) is 3.91. The lowest BCUT2D eigenvalue weighted by molar-refractivity contribution is -0.274. The first-order valence-electron chi connectivity index (χ1n) is 9.85. The molecule has 3 aliphatic rings. The fourth-order valence-corrected chi connectivity index (χ4v) is 3.91. The number of rotatable bonds is 3. The number of nitrogens with two attached hydrogens (primary N) is 2. The first-order chi connectivity index (χ1) is 14.3. The van der Waals surface area contributed by atoms with Crippen LogP contribution in [0, 0.1) is 5.92 Å². The first kappa shape index (κ1) is 20.4. The predicted octanol–water partition coefficient (Wildman–Crippen LogP) is 2.58. The van der Waals surface area contributed by atoms with E-state index in [1.807, 2.05) is 0 Å². The van der Waals surface area contributed by atoms with Crippen molar-refractivity contribution >= 4 is 23.1 Å². The Morgan fingerprint density at radius 3 is 2.53 bits per heavy atom. The molecular weight excluding hydrogens is 397 g/mol. The van der Waals surface area contributed by atoms with E-state index in [9.17, 15) is 13.2 Å². The van der Waals surface area contributed by atoms with Gasteiger partial charge in [-0.15, -0.1) is 13.2 Å². The number of amidine groups is 1. The molecule has 0 amide bonds. The van der Waals surface area contributed by atoms with Crippen LogP contribution in [-0.2, 0) is 0 Å². The lowest BCUT2D eigenvalue weighted by atomic mass is 9.88. The Hall–Kier alpha value is -2.88. The number of nitrogens with one attached hydrogen (secondary N) is 1. The topological polar surface area (TPSA) is 110 Å². The summed E-state index contributed by atoms with van der Waals surface area (Å²) in [7, 11) is 0. The minimum atomic E-state index is -4.74. The minimum Gasteiger partial charge on any atom is -0.406 e. The number of hydrogen-bond donors (Lipinski definition) is 3. The van der Waals surface area contributed by atoms with Crippen LogP contribution in [0.2, 0.25) is 0 Å². The summed E-state index contributed by atoms with van der Waals surface area (Å²) in [5.74, 6) is 0.345. The average Bonchev–Trinajstić information content (AvgIpc) is 2.70. The molecule has 0 spiro atoms. The highest BCUT2D eigenvalue weighted by Gasteiger charge is 2.33. The van der Waals surface area contributed by atoms with Gasteiger partial charge in [-0.1, -0.05) is 25.0 Å². The zero-order chi connectivity index (χ0) is 21.3. The molecular formula is C20H23F3N6O. The van der Waals surface area contributed by atoms with Crippen molar-refractivity contribution in [1.82, 2.24) is 5.32 Å². The molecule has 0 aromatic heterocycles. The molecule has 1 aromatic carbocycles. The number of aliphatic imine (C=N–C) groups is 3. The molecule has 0 radical (unpaired) electrons. The summed E-state index contributed by atoms with van der Waals surface area (Å²) in [5, 5.41) is 3.35. The minimum absolute atomic E-state index is 0.0496. The van der Waals surface area contributed by atoms with Crippen LogP contribution in [0.5, 0.6) is 5.75 Å². The van der Waals surface area contributed by atoms with Gasteiger partial charge >= 0.3 is 6.36 Å². The van der Waals surface area contributed by atoms with Crippen molar-refractivity contribution in [2.75, 3.05) is 6.54 Å². The molecule has 1 aliphatic carbocycles. The van der Waals surface area contributed by atoms with Crippen LogP contribution in [0.3, 0.4) is 0 Å². The molecule has 1 saturated carbocycles. The van der Waals surface area contributed by atoms with Gasteiger partial charge in [0, 0.05) is 23.9 Å². The number of alkyl halides is 3. The molecule has 2 unspecified atom stereocenters. The van der Waals surface area contributed by atoms with Crippen LogP contribution in [0.25, 0.3) is 5.57 Å². The Balaban J connectivity index is 1.57. The third-order valence-electron chi connectivity index (χ3n) is 5.49. The van der Waals surface area contributed by atoms with Crippen molar-refractivity contribution in [1.29, 1.82) is 0 Å². The number of benzene rings is 1. The van der Waals surface area contributed by atoms with Crippen LogP contribution in [0.15, 0.2) is 45.4 Å². The van der Waals surface area contributed by atoms with Gasteiger partial charge in [0.05, 0.1) is 18.2 Å². The molecule has 7 nitrogen and oxygen atoms in total. The average molecular weight is 420 g/mol. The largest absolute Gasteiger partial charge is 0.573 e. The Bertz CT molecular complexity index is 919. The Morgan fingerprint density at radius 2 is 1.83 bits per heavy atom. The lowest BCUT2D eigenvalue weighted by Gasteiger charge is -2.32. The molecule has 30 heavy (non-hydrogen) atoms. The van der Waals surface area contributed by atoms with Crippen molar-refractivity contribution in [2.45, 2.75) is 44.1 Å². The molecule has 10 heteroatoms. The maximum absolute atomic E-state index is 12.4. The highest BCUT2D eigenvalue weighted by Crippen LogP contribution is 2.30. The summed E-state index contributed by atoms with van der Waals surface area (Å²) in [4.78, 5) is 13.4. The summed E-state index contributed by atoms with van der Waals surface area (Å²) in [6.07, 6.45) is 0.994. The standard InChI is InChI=1S/C20H23F3N6O/c21-20(22,23)30-12-7-5-11(6-8-12)13-9-26-18(25)14-10-27-19(29-17(13)14)28-16-4-2-1-3-15(16)24/h5-9,14-16H,1-4,10,24H2,(H2,25,26)(H,27,28)/t14?,15?,16-/m1/s1. The number of allylic oxidation sites excluding steroid dienone is 1. The number of guanidine groups is 1. The molecule has 0 saturated heterocycles. The second-order valence-electron chi connectivity index (χ2n) is 7.58. The molecule has 3 atom stereocenters. The van der Waals surface area contributed by atoms with Crippen molar-refractivity contribution in [3.8, 4) is 5.75 Å². The van der Waals surface area contributed by atoms with Crippen LogP contribution >= 0.6 is 0 Å². The number of fused-ring (bicyclic) bond motifs is 1. The maximum atomic E-state index is 12.4. The monoisotopic (exact) mass is 420 g/mol.